The molecule has 0 fully saturated rings. The number of hydrogen-bond acceptors (Lipinski definition) is 1. The molecule has 0 aromatic heterocycles. The van der Waals surface area contributed by atoms with Crippen LogP contribution >= 0.6 is 0 Å². The van der Waals surface area contributed by atoms with Gasteiger partial charge in [-0.1, -0.05) is 19.9 Å². The molecule has 0 heterocycles. The van der Waals surface area contributed by atoms with E-state index < -0.39 is 0 Å². The topological polar surface area (TPSA) is 12.0 Å². The van der Waals surface area contributed by atoms with Gasteiger partial charge >= 0.3 is 0 Å². The molecule has 0 atom stereocenters. The zero-order chi connectivity index (χ0) is 10.4. The van der Waals surface area contributed by atoms with E-state index in [-0.39, 0.29) is 5.82 Å². The summed E-state index contributed by atoms with van der Waals surface area (Å²) in [5, 5.41) is 3.20. The van der Waals surface area contributed by atoms with Crippen molar-refractivity contribution in [3.05, 3.63) is 30.1 Å². The van der Waals surface area contributed by atoms with Crippen LogP contribution in [0.15, 0.2) is 24.3 Å². The SMILES string of the molecule is CC(C)CCCNc1cccc(F)c1. The average Bonchev–Trinajstić information content (AvgIpc) is 2.12. The Bertz CT molecular complexity index is 271. The Morgan fingerprint density at radius 1 is 1.36 bits per heavy atom. The molecule has 0 radical (unpaired) electrons. The second-order valence-corrected chi connectivity index (χ2v) is 3.97. The maximum absolute atomic E-state index is 12.8. The van der Waals surface area contributed by atoms with Gasteiger partial charge in [0.15, 0.2) is 0 Å². The van der Waals surface area contributed by atoms with Crippen molar-refractivity contribution in [3.63, 3.8) is 0 Å². The molecular formula is C12H18FN. The molecule has 0 unspecified atom stereocenters. The highest BCUT2D eigenvalue weighted by molar-refractivity contribution is 5.42. The number of hydrogen-bond donors (Lipinski definition) is 1. The molecule has 1 aromatic rings. The summed E-state index contributed by atoms with van der Waals surface area (Å²) >= 11 is 0. The van der Waals surface area contributed by atoms with E-state index in [1.165, 1.54) is 18.6 Å². The van der Waals surface area contributed by atoms with Crippen molar-refractivity contribution >= 4 is 5.69 Å². The standard InChI is InChI=1S/C12H18FN/c1-10(2)5-4-8-14-12-7-3-6-11(13)9-12/h3,6-7,9-10,14H,4-5,8H2,1-2H3. The summed E-state index contributed by atoms with van der Waals surface area (Å²) in [6.45, 7) is 5.34. The second-order valence-electron chi connectivity index (χ2n) is 3.97. The molecule has 0 aliphatic heterocycles. The van der Waals surface area contributed by atoms with Crippen LogP contribution in [0.1, 0.15) is 26.7 Å². The summed E-state index contributed by atoms with van der Waals surface area (Å²) in [4.78, 5) is 0. The van der Waals surface area contributed by atoms with Crippen molar-refractivity contribution in [1.29, 1.82) is 0 Å². The number of nitrogens with one attached hydrogen (secondary N) is 1. The van der Waals surface area contributed by atoms with Crippen LogP contribution in [-0.2, 0) is 0 Å². The van der Waals surface area contributed by atoms with Gasteiger partial charge < -0.3 is 5.32 Å². The van der Waals surface area contributed by atoms with Crippen LogP contribution in [0.5, 0.6) is 0 Å². The van der Waals surface area contributed by atoms with Gasteiger partial charge in [-0.15, -0.1) is 0 Å². The van der Waals surface area contributed by atoms with E-state index in [2.05, 4.69) is 19.2 Å². The lowest BCUT2D eigenvalue weighted by Crippen LogP contribution is -2.02. The number of anilines is 1. The van der Waals surface area contributed by atoms with Crippen LogP contribution in [-0.4, -0.2) is 6.54 Å². The number of halogens is 1. The fourth-order valence-electron chi connectivity index (χ4n) is 1.34. The lowest BCUT2D eigenvalue weighted by atomic mass is 10.1. The number of benzene rings is 1. The van der Waals surface area contributed by atoms with Crippen LogP contribution in [0.25, 0.3) is 0 Å². The molecule has 1 nitrogen and oxygen atoms in total. The van der Waals surface area contributed by atoms with E-state index in [1.54, 1.807) is 6.07 Å². The van der Waals surface area contributed by atoms with E-state index >= 15 is 0 Å². The van der Waals surface area contributed by atoms with Gasteiger partial charge in [0.1, 0.15) is 5.82 Å². The fraction of sp³-hybridized carbons (Fsp3) is 0.500. The molecule has 0 aliphatic carbocycles. The highest BCUT2D eigenvalue weighted by Gasteiger charge is 1.95. The molecule has 0 amide bonds. The van der Waals surface area contributed by atoms with Gasteiger partial charge in [0.05, 0.1) is 0 Å². The minimum atomic E-state index is -0.182. The Hall–Kier alpha value is -1.05. The molecule has 0 saturated heterocycles. The summed E-state index contributed by atoms with van der Waals surface area (Å²) < 4.78 is 12.8. The van der Waals surface area contributed by atoms with E-state index in [0.29, 0.717) is 0 Å². The smallest absolute Gasteiger partial charge is 0.125 e. The maximum atomic E-state index is 12.8. The minimum absolute atomic E-state index is 0.182. The van der Waals surface area contributed by atoms with Crippen molar-refractivity contribution in [1.82, 2.24) is 0 Å². The molecule has 14 heavy (non-hydrogen) atoms. The molecule has 1 aromatic carbocycles. The van der Waals surface area contributed by atoms with Crippen LogP contribution in [0.3, 0.4) is 0 Å². The Labute approximate surface area is 85.3 Å². The van der Waals surface area contributed by atoms with E-state index in [9.17, 15) is 4.39 Å². The first kappa shape index (κ1) is 11.0. The predicted octanol–water partition coefficient (Wildman–Crippen LogP) is 3.67. The Balaban J connectivity index is 2.25. The third-order valence-electron chi connectivity index (χ3n) is 2.11. The second kappa shape index (κ2) is 5.63. The normalized spacial score (nSPS) is 10.6. The monoisotopic (exact) mass is 195 g/mol. The molecular weight excluding hydrogens is 177 g/mol. The maximum Gasteiger partial charge on any atom is 0.125 e. The van der Waals surface area contributed by atoms with Gasteiger partial charge in [-0.3, -0.25) is 0 Å². The molecule has 0 bridgehead atoms. The first-order valence-corrected chi connectivity index (χ1v) is 5.18. The third kappa shape index (κ3) is 4.26. The summed E-state index contributed by atoms with van der Waals surface area (Å²) in [5.41, 5.74) is 0.869. The fourth-order valence-corrected chi connectivity index (χ4v) is 1.34. The molecule has 1 N–H and O–H groups in total. The molecule has 2 heteroatoms. The van der Waals surface area contributed by atoms with Gasteiger partial charge in [-0.2, -0.15) is 0 Å². The summed E-state index contributed by atoms with van der Waals surface area (Å²) in [6, 6.07) is 6.59. The Morgan fingerprint density at radius 3 is 2.79 bits per heavy atom. The van der Waals surface area contributed by atoms with Crippen molar-refractivity contribution in [2.45, 2.75) is 26.7 Å². The van der Waals surface area contributed by atoms with Gasteiger partial charge in [0.25, 0.3) is 0 Å². The van der Waals surface area contributed by atoms with E-state index in [1.807, 2.05) is 6.07 Å². The van der Waals surface area contributed by atoms with Crippen LogP contribution in [0, 0.1) is 11.7 Å². The Kier molecular flexibility index (Phi) is 4.44. The molecule has 0 saturated carbocycles. The van der Waals surface area contributed by atoms with Crippen molar-refractivity contribution in [2.24, 2.45) is 5.92 Å². The predicted molar refractivity (Wildman–Crippen MR) is 59.0 cm³/mol. The first-order valence-electron chi connectivity index (χ1n) is 5.18. The lowest BCUT2D eigenvalue weighted by Gasteiger charge is -2.07. The minimum Gasteiger partial charge on any atom is -0.385 e. The average molecular weight is 195 g/mol. The zero-order valence-corrected chi connectivity index (χ0v) is 8.89. The van der Waals surface area contributed by atoms with Gasteiger partial charge in [-0.25, -0.2) is 4.39 Å². The third-order valence-corrected chi connectivity index (χ3v) is 2.11. The quantitative estimate of drug-likeness (QED) is 0.707. The molecule has 0 aliphatic rings. The number of rotatable bonds is 5. The van der Waals surface area contributed by atoms with Crippen molar-refractivity contribution in [2.75, 3.05) is 11.9 Å². The van der Waals surface area contributed by atoms with Gasteiger partial charge in [-0.05, 0) is 37.0 Å². The summed E-state index contributed by atoms with van der Waals surface area (Å²) in [6.07, 6.45) is 2.34. The molecule has 78 valence electrons. The highest BCUT2D eigenvalue weighted by Crippen LogP contribution is 2.10. The first-order chi connectivity index (χ1) is 6.68. The van der Waals surface area contributed by atoms with Gasteiger partial charge in [0, 0.05) is 12.2 Å². The van der Waals surface area contributed by atoms with Crippen LogP contribution in [0.2, 0.25) is 0 Å². The van der Waals surface area contributed by atoms with E-state index in [0.717, 1.165) is 24.6 Å². The molecule has 1 rings (SSSR count). The summed E-state index contributed by atoms with van der Waals surface area (Å²) in [5.74, 6) is 0.558. The summed E-state index contributed by atoms with van der Waals surface area (Å²) in [7, 11) is 0. The van der Waals surface area contributed by atoms with Crippen molar-refractivity contribution in [3.8, 4) is 0 Å². The highest BCUT2D eigenvalue weighted by atomic mass is 19.1. The van der Waals surface area contributed by atoms with E-state index in [4.69, 9.17) is 0 Å². The lowest BCUT2D eigenvalue weighted by molar-refractivity contribution is 0.567. The zero-order valence-electron chi connectivity index (χ0n) is 8.89. The van der Waals surface area contributed by atoms with Crippen LogP contribution < -0.4 is 5.32 Å². The largest absolute Gasteiger partial charge is 0.385 e. The van der Waals surface area contributed by atoms with Gasteiger partial charge in [0.2, 0.25) is 0 Å². The molecule has 0 spiro atoms. The van der Waals surface area contributed by atoms with Crippen LogP contribution in [0.4, 0.5) is 10.1 Å². The Morgan fingerprint density at radius 2 is 2.14 bits per heavy atom. The van der Waals surface area contributed by atoms with Crippen molar-refractivity contribution < 1.29 is 4.39 Å².